The Labute approximate surface area is 132 Å². The smallest absolute Gasteiger partial charge is 0.257 e. The van der Waals surface area contributed by atoms with Gasteiger partial charge in [-0.05, 0) is 43.2 Å². The maximum atomic E-state index is 12.3. The summed E-state index contributed by atoms with van der Waals surface area (Å²) in [6, 6.07) is 5.45. The molecule has 6 heteroatoms. The van der Waals surface area contributed by atoms with Crippen molar-refractivity contribution in [3.05, 3.63) is 41.2 Å². The maximum Gasteiger partial charge on any atom is 0.257 e. The highest BCUT2D eigenvalue weighted by Crippen LogP contribution is 2.30. The van der Waals surface area contributed by atoms with E-state index in [2.05, 4.69) is 10.4 Å². The van der Waals surface area contributed by atoms with Gasteiger partial charge < -0.3 is 5.32 Å². The van der Waals surface area contributed by atoms with E-state index in [1.54, 1.807) is 30.1 Å². The highest BCUT2D eigenvalue weighted by Gasteiger charge is 2.22. The number of nitrogens with one attached hydrogen (secondary N) is 1. The number of benzene rings is 1. The first kappa shape index (κ1) is 14.5. The Balaban J connectivity index is 1.71. The second-order valence-electron chi connectivity index (χ2n) is 5.19. The van der Waals surface area contributed by atoms with Crippen molar-refractivity contribution in [3.63, 3.8) is 0 Å². The molecular weight excluding hydrogens is 306 g/mol. The van der Waals surface area contributed by atoms with Crippen LogP contribution in [0.2, 0.25) is 5.02 Å². The van der Waals surface area contributed by atoms with E-state index < -0.39 is 0 Å². The third kappa shape index (κ3) is 3.60. The van der Waals surface area contributed by atoms with E-state index in [-0.39, 0.29) is 5.91 Å². The lowest BCUT2D eigenvalue weighted by atomic mass is 10.2. The number of rotatable bonds is 5. The molecule has 1 aliphatic carbocycles. The Morgan fingerprint density at radius 1 is 1.52 bits per heavy atom. The van der Waals surface area contributed by atoms with Gasteiger partial charge in [-0.25, -0.2) is 0 Å². The zero-order valence-electron chi connectivity index (χ0n) is 11.7. The molecule has 0 bridgehead atoms. The molecule has 0 radical (unpaired) electrons. The summed E-state index contributed by atoms with van der Waals surface area (Å²) in [5.74, 6) is 0.544. The van der Waals surface area contributed by atoms with Crippen molar-refractivity contribution in [1.82, 2.24) is 9.78 Å². The topological polar surface area (TPSA) is 46.9 Å². The van der Waals surface area contributed by atoms with Crippen molar-refractivity contribution >= 4 is 35.0 Å². The minimum atomic E-state index is -0.207. The molecule has 1 fully saturated rings. The Kier molecular flexibility index (Phi) is 4.22. The van der Waals surface area contributed by atoms with Crippen LogP contribution < -0.4 is 5.32 Å². The molecule has 1 aromatic heterocycles. The van der Waals surface area contributed by atoms with E-state index in [1.165, 1.54) is 12.8 Å². The maximum absolute atomic E-state index is 12.3. The fourth-order valence-corrected chi connectivity index (χ4v) is 2.74. The average molecular weight is 322 g/mol. The van der Waals surface area contributed by atoms with E-state index in [1.807, 2.05) is 23.2 Å². The zero-order chi connectivity index (χ0) is 14.8. The van der Waals surface area contributed by atoms with E-state index in [9.17, 15) is 4.79 Å². The minimum Gasteiger partial charge on any atom is -0.319 e. The van der Waals surface area contributed by atoms with E-state index in [0.717, 1.165) is 17.4 Å². The number of carbonyl (C=O) groups is 1. The highest BCUT2D eigenvalue weighted by molar-refractivity contribution is 7.98. The second kappa shape index (κ2) is 6.12. The molecule has 0 saturated heterocycles. The van der Waals surface area contributed by atoms with Crippen molar-refractivity contribution in [3.8, 4) is 0 Å². The Morgan fingerprint density at radius 2 is 2.33 bits per heavy atom. The normalized spacial score (nSPS) is 14.2. The van der Waals surface area contributed by atoms with Crippen LogP contribution in [0.5, 0.6) is 0 Å². The van der Waals surface area contributed by atoms with Gasteiger partial charge in [-0.15, -0.1) is 11.8 Å². The van der Waals surface area contributed by atoms with Crippen LogP contribution in [0.3, 0.4) is 0 Å². The molecule has 3 rings (SSSR count). The van der Waals surface area contributed by atoms with Crippen LogP contribution in [0.15, 0.2) is 35.5 Å². The van der Waals surface area contributed by atoms with Crippen molar-refractivity contribution in [2.45, 2.75) is 24.3 Å². The first-order valence-electron chi connectivity index (χ1n) is 6.83. The lowest BCUT2D eigenvalue weighted by Gasteiger charge is -2.06. The molecule has 0 spiro atoms. The summed E-state index contributed by atoms with van der Waals surface area (Å²) in [7, 11) is 0. The molecule has 0 aliphatic heterocycles. The van der Waals surface area contributed by atoms with Crippen LogP contribution in [-0.4, -0.2) is 21.9 Å². The van der Waals surface area contributed by atoms with Gasteiger partial charge in [-0.3, -0.25) is 9.48 Å². The molecule has 4 nitrogen and oxygen atoms in total. The molecule has 0 atom stereocenters. The largest absolute Gasteiger partial charge is 0.319 e. The van der Waals surface area contributed by atoms with Gasteiger partial charge in [0, 0.05) is 17.6 Å². The molecule has 1 heterocycles. The number of amides is 1. The quantitative estimate of drug-likeness (QED) is 0.849. The second-order valence-corrected chi connectivity index (χ2v) is 6.48. The van der Waals surface area contributed by atoms with Crippen molar-refractivity contribution in [2.75, 3.05) is 11.6 Å². The average Bonchev–Trinajstić information content (AvgIpc) is 3.18. The molecule has 1 amide bonds. The first-order valence-corrected chi connectivity index (χ1v) is 8.43. The molecule has 110 valence electrons. The summed E-state index contributed by atoms with van der Waals surface area (Å²) < 4.78 is 1.88. The molecule has 1 aliphatic rings. The summed E-state index contributed by atoms with van der Waals surface area (Å²) in [4.78, 5) is 13.3. The molecule has 2 aromatic rings. The van der Waals surface area contributed by atoms with E-state index in [4.69, 9.17) is 11.6 Å². The van der Waals surface area contributed by atoms with Gasteiger partial charge >= 0.3 is 0 Å². The van der Waals surface area contributed by atoms with Gasteiger partial charge in [0.15, 0.2) is 0 Å². The fraction of sp³-hybridized carbons (Fsp3) is 0.333. The van der Waals surface area contributed by atoms with Crippen LogP contribution in [0.1, 0.15) is 23.2 Å². The number of anilines is 1. The number of nitrogens with zero attached hydrogens (tertiary/aromatic N) is 2. The molecule has 1 aromatic carbocycles. The van der Waals surface area contributed by atoms with Crippen LogP contribution in [0.4, 0.5) is 5.69 Å². The third-order valence-corrected chi connectivity index (χ3v) is 4.51. The molecular formula is C15H16ClN3OS. The van der Waals surface area contributed by atoms with Gasteiger partial charge in [0.2, 0.25) is 0 Å². The predicted octanol–water partition coefficient (Wildman–Crippen LogP) is 3.92. The van der Waals surface area contributed by atoms with Crippen LogP contribution in [-0.2, 0) is 6.54 Å². The van der Waals surface area contributed by atoms with Gasteiger partial charge in [0.25, 0.3) is 5.91 Å². The number of hydrogen-bond donors (Lipinski definition) is 1. The standard InChI is InChI=1S/C15H16ClN3OS/c1-21-12-4-5-14(16)13(6-12)15(20)18-11-7-17-19(9-11)8-10-2-3-10/h4-7,9-10H,2-3,8H2,1H3,(H,18,20). The van der Waals surface area contributed by atoms with Gasteiger partial charge in [-0.1, -0.05) is 11.6 Å². The molecule has 21 heavy (non-hydrogen) atoms. The summed E-state index contributed by atoms with van der Waals surface area (Å²) in [6.45, 7) is 0.929. The number of aromatic nitrogens is 2. The number of hydrogen-bond acceptors (Lipinski definition) is 3. The third-order valence-electron chi connectivity index (χ3n) is 3.45. The Bertz CT molecular complexity index is 667. The first-order chi connectivity index (χ1) is 10.2. The molecule has 1 N–H and O–H groups in total. The summed E-state index contributed by atoms with van der Waals surface area (Å²) >= 11 is 7.68. The lowest BCUT2D eigenvalue weighted by molar-refractivity contribution is 0.102. The monoisotopic (exact) mass is 321 g/mol. The highest BCUT2D eigenvalue weighted by atomic mass is 35.5. The number of thioether (sulfide) groups is 1. The van der Waals surface area contributed by atoms with Crippen molar-refractivity contribution in [1.29, 1.82) is 0 Å². The molecule has 1 saturated carbocycles. The summed E-state index contributed by atoms with van der Waals surface area (Å²) in [5.41, 5.74) is 1.18. The van der Waals surface area contributed by atoms with Crippen LogP contribution in [0, 0.1) is 5.92 Å². The zero-order valence-corrected chi connectivity index (χ0v) is 13.2. The number of carbonyl (C=O) groups excluding carboxylic acids is 1. The lowest BCUT2D eigenvalue weighted by Crippen LogP contribution is -2.12. The van der Waals surface area contributed by atoms with E-state index in [0.29, 0.717) is 16.3 Å². The molecule has 0 unspecified atom stereocenters. The minimum absolute atomic E-state index is 0.207. The fourth-order valence-electron chi connectivity index (χ4n) is 2.10. The van der Waals surface area contributed by atoms with Crippen LogP contribution >= 0.6 is 23.4 Å². The van der Waals surface area contributed by atoms with E-state index >= 15 is 0 Å². The number of halogens is 1. The van der Waals surface area contributed by atoms with Crippen molar-refractivity contribution in [2.24, 2.45) is 5.92 Å². The van der Waals surface area contributed by atoms with Crippen LogP contribution in [0.25, 0.3) is 0 Å². The van der Waals surface area contributed by atoms with Gasteiger partial charge in [0.05, 0.1) is 22.5 Å². The van der Waals surface area contributed by atoms with Crippen molar-refractivity contribution < 1.29 is 4.79 Å². The summed E-state index contributed by atoms with van der Waals surface area (Å²) in [5, 5.41) is 7.57. The van der Waals surface area contributed by atoms with Gasteiger partial charge in [0.1, 0.15) is 0 Å². The SMILES string of the molecule is CSc1ccc(Cl)c(C(=O)Nc2cnn(CC3CC3)c2)c1. The predicted molar refractivity (Wildman–Crippen MR) is 86.1 cm³/mol. The summed E-state index contributed by atoms with van der Waals surface area (Å²) in [6.07, 6.45) is 8.05. The Morgan fingerprint density at radius 3 is 3.05 bits per heavy atom. The van der Waals surface area contributed by atoms with Gasteiger partial charge in [-0.2, -0.15) is 5.10 Å². The Hall–Kier alpha value is -1.46.